The van der Waals surface area contributed by atoms with Crippen molar-refractivity contribution < 1.29 is 19.0 Å². The third kappa shape index (κ3) is 3.67. The standard InChI is InChI=1S/C24H24BrN5O4/c1-32-18-10-14(11-19(33-2)22(18)34-3)13-8-16-20(17(31)9-13)21(12-5-4-6-15(25)7-12)30-24(27-16)28-23(26)29-30/h4-7,10-11,13,21H,8-9H2,1-3H3,(H3,26,27,28,29)/t13-,21+/m1/s1. The van der Waals surface area contributed by atoms with Gasteiger partial charge in [-0.05, 0) is 47.7 Å². The minimum atomic E-state index is -0.415. The molecule has 1 aliphatic carbocycles. The Kier molecular flexibility index (Phi) is 5.68. The largest absolute Gasteiger partial charge is 0.493 e. The summed E-state index contributed by atoms with van der Waals surface area (Å²) < 4.78 is 19.1. The van der Waals surface area contributed by atoms with Crippen LogP contribution in [0.25, 0.3) is 0 Å². The Morgan fingerprint density at radius 1 is 1.06 bits per heavy atom. The van der Waals surface area contributed by atoms with Gasteiger partial charge in [0.25, 0.3) is 0 Å². The number of fused-ring (bicyclic) bond motifs is 1. The Bertz CT molecular complexity index is 1290. The van der Waals surface area contributed by atoms with Crippen molar-refractivity contribution in [3.63, 3.8) is 0 Å². The molecule has 0 saturated heterocycles. The van der Waals surface area contributed by atoms with Gasteiger partial charge in [-0.15, -0.1) is 5.10 Å². The lowest BCUT2D eigenvalue weighted by Gasteiger charge is -2.35. The maximum Gasteiger partial charge on any atom is 0.241 e. The first kappa shape index (κ1) is 22.3. The number of carbonyl (C=O) groups excluding carboxylic acids is 1. The number of ketones is 1. The number of rotatable bonds is 5. The molecule has 34 heavy (non-hydrogen) atoms. The Morgan fingerprint density at radius 3 is 2.44 bits per heavy atom. The molecule has 2 atom stereocenters. The number of aromatic nitrogens is 3. The normalized spacial score (nSPS) is 19.2. The first-order valence-corrected chi connectivity index (χ1v) is 11.5. The van der Waals surface area contributed by atoms with Gasteiger partial charge in [-0.25, -0.2) is 4.68 Å². The van der Waals surface area contributed by atoms with E-state index in [0.29, 0.717) is 41.6 Å². The van der Waals surface area contributed by atoms with Gasteiger partial charge in [0.15, 0.2) is 17.3 Å². The van der Waals surface area contributed by atoms with Gasteiger partial charge in [-0.1, -0.05) is 28.1 Å². The molecule has 0 spiro atoms. The van der Waals surface area contributed by atoms with Crippen molar-refractivity contribution in [1.82, 2.24) is 14.8 Å². The van der Waals surface area contributed by atoms with E-state index < -0.39 is 6.04 Å². The summed E-state index contributed by atoms with van der Waals surface area (Å²) >= 11 is 3.54. The molecule has 10 heteroatoms. The minimum Gasteiger partial charge on any atom is -0.493 e. The zero-order chi connectivity index (χ0) is 24.0. The van der Waals surface area contributed by atoms with Crippen molar-refractivity contribution in [1.29, 1.82) is 0 Å². The van der Waals surface area contributed by atoms with E-state index in [-0.39, 0.29) is 17.6 Å². The molecule has 0 amide bonds. The van der Waals surface area contributed by atoms with Gasteiger partial charge >= 0.3 is 0 Å². The second-order valence-electron chi connectivity index (χ2n) is 8.20. The van der Waals surface area contributed by atoms with Crippen LogP contribution >= 0.6 is 15.9 Å². The van der Waals surface area contributed by atoms with Gasteiger partial charge in [-0.3, -0.25) is 4.79 Å². The number of nitrogens with zero attached hydrogens (tertiary/aromatic N) is 3. The second kappa shape index (κ2) is 8.68. The van der Waals surface area contributed by atoms with Crippen molar-refractivity contribution in [2.45, 2.75) is 24.8 Å². The number of anilines is 2. The summed E-state index contributed by atoms with van der Waals surface area (Å²) in [6.45, 7) is 0. The Morgan fingerprint density at radius 2 is 1.79 bits per heavy atom. The summed E-state index contributed by atoms with van der Waals surface area (Å²) in [5.74, 6) is 2.25. The number of methoxy groups -OCH3 is 3. The number of nitrogens with two attached hydrogens (primary N) is 1. The predicted octanol–water partition coefficient (Wildman–Crippen LogP) is 4.06. The van der Waals surface area contributed by atoms with E-state index in [1.165, 1.54) is 0 Å². The van der Waals surface area contributed by atoms with Crippen LogP contribution in [0.1, 0.15) is 35.9 Å². The summed E-state index contributed by atoms with van der Waals surface area (Å²) in [4.78, 5) is 18.0. The average Bonchev–Trinajstić information content (AvgIpc) is 3.20. The molecular formula is C24H24BrN5O4. The van der Waals surface area contributed by atoms with Crippen LogP contribution in [-0.2, 0) is 4.79 Å². The van der Waals surface area contributed by atoms with Gasteiger partial charge in [0.05, 0.1) is 21.3 Å². The van der Waals surface area contributed by atoms with E-state index in [1.54, 1.807) is 26.0 Å². The SMILES string of the molecule is COc1cc([C@H]2CC(=O)C3=C(C2)Nc2nc(N)nn2[C@H]3c2cccc(Br)c2)cc(OC)c1OC. The second-order valence-corrected chi connectivity index (χ2v) is 9.12. The maximum absolute atomic E-state index is 13.6. The molecule has 3 N–H and O–H groups in total. The molecule has 0 bridgehead atoms. The Hall–Kier alpha value is -3.53. The fourth-order valence-corrected chi connectivity index (χ4v) is 5.20. The molecule has 0 unspecified atom stereocenters. The van der Waals surface area contributed by atoms with E-state index in [0.717, 1.165) is 21.3 Å². The maximum atomic E-state index is 13.6. The zero-order valence-electron chi connectivity index (χ0n) is 19.0. The fraction of sp³-hybridized carbons (Fsp3) is 0.292. The number of allylic oxidation sites excluding steroid dienone is 2. The van der Waals surface area contributed by atoms with E-state index in [1.807, 2.05) is 36.4 Å². The van der Waals surface area contributed by atoms with E-state index >= 15 is 0 Å². The van der Waals surface area contributed by atoms with Crippen LogP contribution in [0.3, 0.4) is 0 Å². The van der Waals surface area contributed by atoms with Gasteiger partial charge in [0.1, 0.15) is 6.04 Å². The number of nitrogens with one attached hydrogen (secondary N) is 1. The number of ether oxygens (including phenoxy) is 3. The van der Waals surface area contributed by atoms with Gasteiger partial charge < -0.3 is 25.3 Å². The minimum absolute atomic E-state index is 0.0391. The Labute approximate surface area is 205 Å². The highest BCUT2D eigenvalue weighted by atomic mass is 79.9. The third-order valence-electron chi connectivity index (χ3n) is 6.26. The highest BCUT2D eigenvalue weighted by Gasteiger charge is 2.40. The summed E-state index contributed by atoms with van der Waals surface area (Å²) in [5, 5.41) is 7.69. The number of halogens is 1. The van der Waals surface area contributed by atoms with Crippen LogP contribution in [0.5, 0.6) is 17.2 Å². The van der Waals surface area contributed by atoms with Crippen molar-refractivity contribution in [2.24, 2.45) is 0 Å². The molecule has 1 aromatic heterocycles. The Balaban J connectivity index is 1.59. The molecule has 2 heterocycles. The average molecular weight is 526 g/mol. The lowest BCUT2D eigenvalue weighted by atomic mass is 9.78. The number of Topliss-reactive ketones (excluding diaryl/α,β-unsaturated/α-hetero) is 1. The topological polar surface area (TPSA) is 114 Å². The molecule has 0 fully saturated rings. The van der Waals surface area contributed by atoms with Gasteiger partial charge in [-0.2, -0.15) is 4.98 Å². The molecule has 1 aliphatic heterocycles. The van der Waals surface area contributed by atoms with Crippen LogP contribution in [-0.4, -0.2) is 41.9 Å². The summed E-state index contributed by atoms with van der Waals surface area (Å²) in [6.07, 6.45) is 0.945. The lowest BCUT2D eigenvalue weighted by Crippen LogP contribution is -2.33. The zero-order valence-corrected chi connectivity index (χ0v) is 20.5. The van der Waals surface area contributed by atoms with Gasteiger partial charge in [0.2, 0.25) is 17.6 Å². The molecule has 5 rings (SSSR count). The first-order valence-electron chi connectivity index (χ1n) is 10.7. The van der Waals surface area contributed by atoms with Crippen molar-refractivity contribution >= 4 is 33.6 Å². The van der Waals surface area contributed by atoms with Crippen LogP contribution in [0.4, 0.5) is 11.9 Å². The molecule has 3 aromatic rings. The molecule has 9 nitrogen and oxygen atoms in total. The van der Waals surface area contributed by atoms with Crippen molar-refractivity contribution in [3.8, 4) is 17.2 Å². The summed E-state index contributed by atoms with van der Waals surface area (Å²) in [7, 11) is 4.73. The van der Waals surface area contributed by atoms with Gasteiger partial charge in [0, 0.05) is 22.2 Å². The predicted molar refractivity (Wildman–Crippen MR) is 130 cm³/mol. The number of nitrogen functional groups attached to an aromatic ring is 1. The highest BCUT2D eigenvalue weighted by Crippen LogP contribution is 2.47. The quantitative estimate of drug-likeness (QED) is 0.512. The number of hydrogen-bond acceptors (Lipinski definition) is 8. The third-order valence-corrected chi connectivity index (χ3v) is 6.75. The number of benzene rings is 2. The molecule has 2 aromatic carbocycles. The molecule has 2 aliphatic rings. The summed E-state index contributed by atoms with van der Waals surface area (Å²) in [6, 6.07) is 11.2. The fourth-order valence-electron chi connectivity index (χ4n) is 4.79. The van der Waals surface area contributed by atoms with E-state index in [2.05, 4.69) is 31.3 Å². The molecular weight excluding hydrogens is 502 g/mol. The lowest BCUT2D eigenvalue weighted by molar-refractivity contribution is -0.116. The first-order chi connectivity index (χ1) is 16.4. The smallest absolute Gasteiger partial charge is 0.241 e. The summed E-state index contributed by atoms with van der Waals surface area (Å²) in [5.41, 5.74) is 9.28. The molecule has 0 saturated carbocycles. The number of carbonyl (C=O) groups is 1. The van der Waals surface area contributed by atoms with Crippen LogP contribution in [0.2, 0.25) is 0 Å². The van der Waals surface area contributed by atoms with Crippen LogP contribution in [0, 0.1) is 0 Å². The van der Waals surface area contributed by atoms with Crippen LogP contribution in [0.15, 0.2) is 52.1 Å². The monoisotopic (exact) mass is 525 g/mol. The van der Waals surface area contributed by atoms with Crippen molar-refractivity contribution in [2.75, 3.05) is 32.4 Å². The van der Waals surface area contributed by atoms with Crippen LogP contribution < -0.4 is 25.3 Å². The van der Waals surface area contributed by atoms with E-state index in [9.17, 15) is 4.79 Å². The molecule has 176 valence electrons. The van der Waals surface area contributed by atoms with E-state index in [4.69, 9.17) is 19.9 Å². The van der Waals surface area contributed by atoms with Crippen molar-refractivity contribution in [3.05, 3.63) is 63.3 Å². The number of hydrogen-bond donors (Lipinski definition) is 2. The highest BCUT2D eigenvalue weighted by molar-refractivity contribution is 9.10. The molecule has 0 radical (unpaired) electrons.